The lowest BCUT2D eigenvalue weighted by molar-refractivity contribution is 0.300. The lowest BCUT2D eigenvalue weighted by atomic mass is 10.5. The summed E-state index contributed by atoms with van der Waals surface area (Å²) in [5.41, 5.74) is 0. The van der Waals surface area contributed by atoms with E-state index in [-0.39, 0.29) is 0 Å². The van der Waals surface area contributed by atoms with Crippen LogP contribution in [0, 0.1) is 0 Å². The van der Waals surface area contributed by atoms with Gasteiger partial charge in [-0.1, -0.05) is 13.8 Å². The summed E-state index contributed by atoms with van der Waals surface area (Å²) in [5, 5.41) is 9.13. The second-order valence-corrected chi connectivity index (χ2v) is 5.35. The summed E-state index contributed by atoms with van der Waals surface area (Å²) in [7, 11) is 0. The molecule has 0 aliphatic rings. The molecule has 0 aromatic rings. The van der Waals surface area contributed by atoms with Crippen molar-refractivity contribution in [2.24, 2.45) is 0 Å². The SMILES string of the molecule is CCSCCCSC(C)CO. The van der Waals surface area contributed by atoms with Crippen molar-refractivity contribution in [3.8, 4) is 0 Å². The molecule has 3 heteroatoms. The van der Waals surface area contributed by atoms with Crippen molar-refractivity contribution in [1.82, 2.24) is 0 Å². The van der Waals surface area contributed by atoms with Gasteiger partial charge in [0.1, 0.15) is 0 Å². The summed E-state index contributed by atoms with van der Waals surface area (Å²) in [4.78, 5) is 0. The van der Waals surface area contributed by atoms with Gasteiger partial charge < -0.3 is 5.11 Å². The molecule has 1 unspecified atom stereocenters. The summed E-state index contributed by atoms with van der Waals surface area (Å²) in [6.07, 6.45) is 1.27. The molecule has 68 valence electrons. The smallest absolute Gasteiger partial charge is 0.0547 e. The highest BCUT2D eigenvalue weighted by Crippen LogP contribution is 2.12. The van der Waals surface area contributed by atoms with Crippen LogP contribution in [-0.2, 0) is 0 Å². The van der Waals surface area contributed by atoms with Crippen molar-refractivity contribution in [3.05, 3.63) is 0 Å². The van der Waals surface area contributed by atoms with Crippen LogP contribution in [0.2, 0.25) is 0 Å². The van der Waals surface area contributed by atoms with Crippen LogP contribution in [-0.4, -0.2) is 34.2 Å². The maximum absolute atomic E-state index is 8.71. The predicted molar refractivity (Wildman–Crippen MR) is 56.6 cm³/mol. The van der Waals surface area contributed by atoms with Gasteiger partial charge in [0.05, 0.1) is 6.61 Å². The Balaban J connectivity index is 2.89. The van der Waals surface area contributed by atoms with Crippen LogP contribution in [0.15, 0.2) is 0 Å². The van der Waals surface area contributed by atoms with E-state index in [0.29, 0.717) is 11.9 Å². The van der Waals surface area contributed by atoms with E-state index in [1.54, 1.807) is 0 Å². The van der Waals surface area contributed by atoms with E-state index in [4.69, 9.17) is 5.11 Å². The largest absolute Gasteiger partial charge is 0.395 e. The van der Waals surface area contributed by atoms with Gasteiger partial charge in [0.15, 0.2) is 0 Å². The monoisotopic (exact) mass is 194 g/mol. The van der Waals surface area contributed by atoms with Gasteiger partial charge in [-0.05, 0) is 23.7 Å². The Morgan fingerprint density at radius 2 is 2.09 bits per heavy atom. The van der Waals surface area contributed by atoms with E-state index >= 15 is 0 Å². The van der Waals surface area contributed by atoms with Gasteiger partial charge in [-0.3, -0.25) is 0 Å². The average Bonchev–Trinajstić information content (AvgIpc) is 2.04. The maximum atomic E-state index is 8.71. The van der Waals surface area contributed by atoms with Gasteiger partial charge in [0.25, 0.3) is 0 Å². The molecule has 0 heterocycles. The van der Waals surface area contributed by atoms with Gasteiger partial charge in [0.2, 0.25) is 0 Å². The third-order valence-corrected chi connectivity index (χ3v) is 3.52. The molecule has 1 atom stereocenters. The Hall–Kier alpha value is 0.660. The molecule has 0 aromatic carbocycles. The average molecular weight is 194 g/mol. The minimum absolute atomic E-state index is 0.311. The number of hydrogen-bond acceptors (Lipinski definition) is 3. The molecule has 0 rings (SSSR count). The lowest BCUT2D eigenvalue weighted by Crippen LogP contribution is -2.03. The quantitative estimate of drug-likeness (QED) is 0.628. The zero-order chi connectivity index (χ0) is 8.53. The molecular formula is C8H18OS2. The van der Waals surface area contributed by atoms with E-state index in [1.807, 2.05) is 23.5 Å². The highest BCUT2D eigenvalue weighted by atomic mass is 32.2. The van der Waals surface area contributed by atoms with Crippen LogP contribution in [0.1, 0.15) is 20.3 Å². The van der Waals surface area contributed by atoms with Gasteiger partial charge in [-0.2, -0.15) is 23.5 Å². The molecule has 11 heavy (non-hydrogen) atoms. The van der Waals surface area contributed by atoms with Crippen molar-refractivity contribution in [1.29, 1.82) is 0 Å². The molecule has 0 spiro atoms. The molecule has 0 aliphatic heterocycles. The first-order valence-corrected chi connectivity index (χ1v) is 6.31. The van der Waals surface area contributed by atoms with E-state index in [0.717, 1.165) is 0 Å². The molecule has 0 aromatic heterocycles. The van der Waals surface area contributed by atoms with Crippen molar-refractivity contribution in [2.45, 2.75) is 25.5 Å². The normalized spacial score (nSPS) is 13.4. The van der Waals surface area contributed by atoms with Crippen LogP contribution in [0.5, 0.6) is 0 Å². The Kier molecular flexibility index (Phi) is 9.28. The number of hydrogen-bond donors (Lipinski definition) is 1. The van der Waals surface area contributed by atoms with Gasteiger partial charge >= 0.3 is 0 Å². The van der Waals surface area contributed by atoms with Gasteiger partial charge in [0, 0.05) is 5.25 Å². The van der Waals surface area contributed by atoms with Gasteiger partial charge in [-0.15, -0.1) is 0 Å². The van der Waals surface area contributed by atoms with Crippen molar-refractivity contribution < 1.29 is 5.11 Å². The van der Waals surface area contributed by atoms with Crippen LogP contribution < -0.4 is 0 Å². The third kappa shape index (κ3) is 8.57. The summed E-state index contributed by atoms with van der Waals surface area (Å²) in [6, 6.07) is 0. The Morgan fingerprint density at radius 3 is 2.64 bits per heavy atom. The van der Waals surface area contributed by atoms with E-state index in [1.165, 1.54) is 23.7 Å². The molecule has 0 radical (unpaired) electrons. The number of aliphatic hydroxyl groups is 1. The van der Waals surface area contributed by atoms with Crippen LogP contribution in [0.4, 0.5) is 0 Å². The highest BCUT2D eigenvalue weighted by molar-refractivity contribution is 8.00. The zero-order valence-corrected chi connectivity index (χ0v) is 9.01. The Morgan fingerprint density at radius 1 is 1.36 bits per heavy atom. The summed E-state index contributed by atoms with van der Waals surface area (Å²) in [6.45, 7) is 4.57. The van der Waals surface area contributed by atoms with Crippen LogP contribution in [0.25, 0.3) is 0 Å². The van der Waals surface area contributed by atoms with E-state index in [9.17, 15) is 0 Å². The lowest BCUT2D eigenvalue weighted by Gasteiger charge is -2.06. The number of aliphatic hydroxyl groups excluding tert-OH is 1. The number of thioether (sulfide) groups is 2. The molecular weight excluding hydrogens is 176 g/mol. The van der Waals surface area contributed by atoms with Gasteiger partial charge in [-0.25, -0.2) is 0 Å². The summed E-state index contributed by atoms with van der Waals surface area (Å²) in [5.74, 6) is 3.68. The first-order chi connectivity index (χ1) is 5.31. The summed E-state index contributed by atoms with van der Waals surface area (Å²) >= 11 is 3.86. The fourth-order valence-electron chi connectivity index (χ4n) is 0.643. The van der Waals surface area contributed by atoms with Crippen molar-refractivity contribution in [2.75, 3.05) is 23.9 Å². The minimum atomic E-state index is 0.311. The molecule has 0 fully saturated rings. The fourth-order valence-corrected chi connectivity index (χ4v) is 2.28. The first kappa shape index (κ1) is 11.7. The van der Waals surface area contributed by atoms with E-state index < -0.39 is 0 Å². The topological polar surface area (TPSA) is 20.2 Å². The molecule has 0 aliphatic carbocycles. The predicted octanol–water partition coefficient (Wildman–Crippen LogP) is 2.24. The standard InChI is InChI=1S/C8H18OS2/c1-3-10-5-4-6-11-8(2)7-9/h8-9H,3-7H2,1-2H3. The first-order valence-electron chi connectivity index (χ1n) is 4.11. The molecule has 0 amide bonds. The Labute approximate surface area is 78.3 Å². The van der Waals surface area contributed by atoms with Crippen molar-refractivity contribution in [3.63, 3.8) is 0 Å². The maximum Gasteiger partial charge on any atom is 0.0547 e. The van der Waals surface area contributed by atoms with Crippen LogP contribution >= 0.6 is 23.5 Å². The fraction of sp³-hybridized carbons (Fsp3) is 1.00. The molecule has 1 N–H and O–H groups in total. The molecule has 0 saturated heterocycles. The molecule has 0 bridgehead atoms. The van der Waals surface area contributed by atoms with Crippen molar-refractivity contribution >= 4 is 23.5 Å². The van der Waals surface area contributed by atoms with Crippen LogP contribution in [0.3, 0.4) is 0 Å². The third-order valence-electron chi connectivity index (χ3n) is 1.30. The van der Waals surface area contributed by atoms with E-state index in [2.05, 4.69) is 13.8 Å². The second kappa shape index (κ2) is 8.75. The zero-order valence-electron chi connectivity index (χ0n) is 7.38. The molecule has 1 nitrogen and oxygen atoms in total. The summed E-state index contributed by atoms with van der Waals surface area (Å²) < 4.78 is 0. The number of rotatable bonds is 7. The minimum Gasteiger partial charge on any atom is -0.395 e. The highest BCUT2D eigenvalue weighted by Gasteiger charge is 1.98. The second-order valence-electron chi connectivity index (χ2n) is 2.41. The molecule has 0 saturated carbocycles. The Bertz CT molecular complexity index is 78.5.